The van der Waals surface area contributed by atoms with Gasteiger partial charge in [-0.05, 0) is 18.6 Å². The number of hydrogen-bond acceptors (Lipinski definition) is 5. The van der Waals surface area contributed by atoms with Crippen LogP contribution in [0.5, 0.6) is 5.75 Å². The van der Waals surface area contributed by atoms with Crippen molar-refractivity contribution < 1.29 is 19.2 Å². The van der Waals surface area contributed by atoms with Gasteiger partial charge in [-0.2, -0.15) is 0 Å². The molecular weight excluding hydrogens is 362 g/mol. The number of ether oxygens (including phenoxy) is 1. The molecule has 1 aromatic heterocycles. The Hall–Kier alpha value is -3.68. The van der Waals surface area contributed by atoms with Gasteiger partial charge in [-0.1, -0.05) is 25.1 Å². The summed E-state index contributed by atoms with van der Waals surface area (Å²) in [5, 5.41) is 11.9. The highest BCUT2D eigenvalue weighted by Crippen LogP contribution is 2.37. The molecule has 8 heteroatoms. The molecular formula is C20H17N3O5. The average Bonchev–Trinajstić information content (AvgIpc) is 3.13. The molecule has 4 rings (SSSR count). The molecule has 1 unspecified atom stereocenters. The predicted molar refractivity (Wildman–Crippen MR) is 103 cm³/mol. The molecule has 142 valence electrons. The Morgan fingerprint density at radius 1 is 1.29 bits per heavy atom. The summed E-state index contributed by atoms with van der Waals surface area (Å²) in [6.07, 6.45) is 1.31. The van der Waals surface area contributed by atoms with Crippen molar-refractivity contribution in [2.45, 2.75) is 19.4 Å². The molecule has 0 radical (unpaired) electrons. The second-order valence-corrected chi connectivity index (χ2v) is 6.52. The smallest absolute Gasteiger partial charge is 0.271 e. The summed E-state index contributed by atoms with van der Waals surface area (Å²) in [6.45, 7) is 1.58. The van der Waals surface area contributed by atoms with Gasteiger partial charge in [-0.25, -0.2) is 0 Å². The predicted octanol–water partition coefficient (Wildman–Crippen LogP) is 3.46. The molecule has 1 N–H and O–H groups in total. The Kier molecular flexibility index (Phi) is 4.31. The second kappa shape index (κ2) is 6.80. The number of para-hydroxylation sites is 1. The first-order chi connectivity index (χ1) is 13.5. The SMILES string of the molecule is CCC1Oc2ccc([N+](=O)[O-])cc2N(CC(=O)c2c[nH]c3ccccc23)C1=O. The lowest BCUT2D eigenvalue weighted by molar-refractivity contribution is -0.384. The van der Waals surface area contributed by atoms with Crippen LogP contribution in [-0.4, -0.2) is 34.2 Å². The molecule has 28 heavy (non-hydrogen) atoms. The minimum atomic E-state index is -0.732. The number of nitro benzene ring substituents is 1. The fraction of sp³-hybridized carbons (Fsp3) is 0.200. The zero-order valence-corrected chi connectivity index (χ0v) is 15.0. The lowest BCUT2D eigenvalue weighted by atomic mass is 10.1. The van der Waals surface area contributed by atoms with E-state index in [1.807, 2.05) is 24.3 Å². The van der Waals surface area contributed by atoms with E-state index in [0.29, 0.717) is 17.7 Å². The number of nitro groups is 1. The summed E-state index contributed by atoms with van der Waals surface area (Å²) in [4.78, 5) is 40.7. The molecule has 1 aliphatic rings. The third-order valence-corrected chi connectivity index (χ3v) is 4.82. The number of H-pyrrole nitrogens is 1. The van der Waals surface area contributed by atoms with Crippen LogP contribution in [-0.2, 0) is 4.79 Å². The number of nitrogens with zero attached hydrogens (tertiary/aromatic N) is 2. The Morgan fingerprint density at radius 3 is 2.82 bits per heavy atom. The van der Waals surface area contributed by atoms with Gasteiger partial charge in [-0.15, -0.1) is 0 Å². The molecule has 1 aliphatic heterocycles. The molecule has 2 heterocycles. The summed E-state index contributed by atoms with van der Waals surface area (Å²) in [5.74, 6) is -0.299. The number of Topliss-reactive ketones (excluding diaryl/α,β-unsaturated/α-hetero) is 1. The first kappa shape index (κ1) is 17.7. The average molecular weight is 379 g/mol. The van der Waals surface area contributed by atoms with E-state index in [-0.39, 0.29) is 29.6 Å². The van der Waals surface area contributed by atoms with Crippen LogP contribution >= 0.6 is 0 Å². The van der Waals surface area contributed by atoms with Crippen LogP contribution < -0.4 is 9.64 Å². The lowest BCUT2D eigenvalue weighted by Crippen LogP contribution is -2.47. The number of anilines is 1. The molecule has 1 amide bonds. The third-order valence-electron chi connectivity index (χ3n) is 4.82. The van der Waals surface area contributed by atoms with Crippen molar-refractivity contribution in [2.75, 3.05) is 11.4 Å². The molecule has 0 spiro atoms. The maximum atomic E-state index is 13.0. The van der Waals surface area contributed by atoms with E-state index in [4.69, 9.17) is 4.74 Å². The number of aromatic amines is 1. The fourth-order valence-electron chi connectivity index (χ4n) is 3.38. The number of nitrogens with one attached hydrogen (secondary N) is 1. The number of benzene rings is 2. The molecule has 8 nitrogen and oxygen atoms in total. The number of fused-ring (bicyclic) bond motifs is 2. The van der Waals surface area contributed by atoms with Gasteiger partial charge in [0.05, 0.1) is 17.2 Å². The van der Waals surface area contributed by atoms with Crippen molar-refractivity contribution in [1.29, 1.82) is 0 Å². The van der Waals surface area contributed by atoms with Gasteiger partial charge in [0.25, 0.3) is 11.6 Å². The van der Waals surface area contributed by atoms with Crippen molar-refractivity contribution >= 4 is 34.0 Å². The minimum absolute atomic E-state index is 0.172. The summed E-state index contributed by atoms with van der Waals surface area (Å²) >= 11 is 0. The van der Waals surface area contributed by atoms with E-state index in [1.54, 1.807) is 13.1 Å². The van der Waals surface area contributed by atoms with Gasteiger partial charge in [0.2, 0.25) is 0 Å². The van der Waals surface area contributed by atoms with Crippen LogP contribution in [0.1, 0.15) is 23.7 Å². The van der Waals surface area contributed by atoms with Gasteiger partial charge >= 0.3 is 0 Å². The monoisotopic (exact) mass is 379 g/mol. The van der Waals surface area contributed by atoms with Crippen molar-refractivity contribution in [2.24, 2.45) is 0 Å². The summed E-state index contributed by atoms with van der Waals surface area (Å²) in [6, 6.07) is 11.4. The number of ketones is 1. The Morgan fingerprint density at radius 2 is 2.07 bits per heavy atom. The van der Waals surface area contributed by atoms with Crippen LogP contribution in [0, 0.1) is 10.1 Å². The van der Waals surface area contributed by atoms with Crippen molar-refractivity contribution in [1.82, 2.24) is 4.98 Å². The second-order valence-electron chi connectivity index (χ2n) is 6.52. The third kappa shape index (κ3) is 2.88. The van der Waals surface area contributed by atoms with Crippen LogP contribution in [0.3, 0.4) is 0 Å². The number of non-ortho nitro benzene ring substituents is 1. The van der Waals surface area contributed by atoms with Crippen molar-refractivity contribution in [3.8, 4) is 5.75 Å². The highest BCUT2D eigenvalue weighted by atomic mass is 16.6. The number of aromatic nitrogens is 1. The summed E-state index contributed by atoms with van der Waals surface area (Å²) in [7, 11) is 0. The van der Waals surface area contributed by atoms with Crippen molar-refractivity contribution in [3.63, 3.8) is 0 Å². The van der Waals surface area contributed by atoms with E-state index in [1.165, 1.54) is 23.1 Å². The van der Waals surface area contributed by atoms with Crippen LogP contribution in [0.25, 0.3) is 10.9 Å². The first-order valence-electron chi connectivity index (χ1n) is 8.85. The molecule has 2 aromatic carbocycles. The van der Waals surface area contributed by atoms with E-state index < -0.39 is 11.0 Å². The quantitative estimate of drug-likeness (QED) is 0.415. The van der Waals surface area contributed by atoms with E-state index in [2.05, 4.69) is 4.98 Å². The number of hydrogen-bond donors (Lipinski definition) is 1. The van der Waals surface area contributed by atoms with Gasteiger partial charge in [0, 0.05) is 34.8 Å². The lowest BCUT2D eigenvalue weighted by Gasteiger charge is -2.33. The zero-order chi connectivity index (χ0) is 19.8. The van der Waals surface area contributed by atoms with Gasteiger partial charge in [0.15, 0.2) is 11.9 Å². The molecule has 0 aliphatic carbocycles. The fourth-order valence-corrected chi connectivity index (χ4v) is 3.38. The maximum absolute atomic E-state index is 13.0. The zero-order valence-electron chi connectivity index (χ0n) is 15.0. The van der Waals surface area contributed by atoms with Gasteiger partial charge in [-0.3, -0.25) is 24.6 Å². The van der Waals surface area contributed by atoms with Crippen LogP contribution in [0.15, 0.2) is 48.7 Å². The van der Waals surface area contributed by atoms with Crippen LogP contribution in [0.2, 0.25) is 0 Å². The molecule has 0 fully saturated rings. The molecule has 3 aromatic rings. The number of amides is 1. The van der Waals surface area contributed by atoms with E-state index >= 15 is 0 Å². The highest BCUT2D eigenvalue weighted by Gasteiger charge is 2.35. The summed E-state index contributed by atoms with van der Waals surface area (Å²) < 4.78 is 5.67. The molecule has 0 bridgehead atoms. The van der Waals surface area contributed by atoms with Crippen molar-refractivity contribution in [3.05, 3.63) is 64.3 Å². The van der Waals surface area contributed by atoms with Gasteiger partial charge in [0.1, 0.15) is 5.75 Å². The molecule has 0 saturated carbocycles. The minimum Gasteiger partial charge on any atom is -0.478 e. The van der Waals surface area contributed by atoms with E-state index in [0.717, 1.165) is 10.9 Å². The Balaban J connectivity index is 1.73. The Bertz CT molecular complexity index is 1100. The topological polar surface area (TPSA) is 106 Å². The Labute approximate surface area is 159 Å². The first-order valence-corrected chi connectivity index (χ1v) is 8.85. The molecule has 1 atom stereocenters. The highest BCUT2D eigenvalue weighted by molar-refractivity contribution is 6.13. The van der Waals surface area contributed by atoms with Gasteiger partial charge < -0.3 is 9.72 Å². The normalized spacial score (nSPS) is 16.0. The number of rotatable bonds is 5. The van der Waals surface area contributed by atoms with E-state index in [9.17, 15) is 19.7 Å². The van der Waals surface area contributed by atoms with Crippen LogP contribution in [0.4, 0.5) is 11.4 Å². The number of carbonyl (C=O) groups is 2. The number of carbonyl (C=O) groups excluding carboxylic acids is 2. The molecule has 0 saturated heterocycles. The standard InChI is InChI=1S/C20H17N3O5/c1-2-18-20(25)22(16-9-12(23(26)27)7-8-19(16)28-18)11-17(24)14-10-21-15-6-4-3-5-13(14)15/h3-10,18,21H,2,11H2,1H3. The summed E-state index contributed by atoms with van der Waals surface area (Å²) in [5.41, 5.74) is 1.35. The maximum Gasteiger partial charge on any atom is 0.271 e. The largest absolute Gasteiger partial charge is 0.478 e.